The minimum absolute atomic E-state index is 0.0228. The molecule has 9 atom stereocenters. The molecule has 26 nitrogen and oxygen atoms in total. The molecule has 0 saturated carbocycles. The van der Waals surface area contributed by atoms with Crippen LogP contribution in [-0.2, 0) is 73.6 Å². The third-order valence-electron chi connectivity index (χ3n) is 15.2. The molecule has 0 bridgehead atoms. The smallest absolute Gasteiger partial charge is 0.246 e. The lowest BCUT2D eigenvalue weighted by atomic mass is 10.0. The highest BCUT2D eigenvalue weighted by molar-refractivity contribution is 6.00. The summed E-state index contributed by atoms with van der Waals surface area (Å²) in [5, 5.41) is 30.1. The van der Waals surface area contributed by atoms with Gasteiger partial charge in [-0.15, -0.1) is 0 Å². The fourth-order valence-corrected chi connectivity index (χ4v) is 10.9. The van der Waals surface area contributed by atoms with E-state index >= 15 is 0 Å². The summed E-state index contributed by atoms with van der Waals surface area (Å²) in [6.07, 6.45) is 4.68. The van der Waals surface area contributed by atoms with Crippen LogP contribution in [-0.4, -0.2) is 164 Å². The Labute approximate surface area is 484 Å². The quantitative estimate of drug-likeness (QED) is 0.0350. The lowest BCUT2D eigenvalue weighted by Gasteiger charge is -2.33. The topological polar surface area (TPSA) is 394 Å². The number of benzene rings is 3. The Morgan fingerprint density at radius 1 is 0.583 bits per heavy atom. The molecule has 3 aromatic carbocycles. The van der Waals surface area contributed by atoms with Crippen molar-refractivity contribution in [3.63, 3.8) is 0 Å². The van der Waals surface area contributed by atoms with Gasteiger partial charge in [-0.05, 0) is 68.2 Å². The number of nitrogens with one attached hydrogen (secondary N) is 11. The van der Waals surface area contributed by atoms with Crippen LogP contribution < -0.4 is 54.0 Å². The first-order valence-corrected chi connectivity index (χ1v) is 28.1. The van der Waals surface area contributed by atoms with Crippen molar-refractivity contribution in [3.05, 3.63) is 126 Å². The van der Waals surface area contributed by atoms with Crippen LogP contribution in [0.15, 0.2) is 104 Å². The van der Waals surface area contributed by atoms with Gasteiger partial charge in [-0.1, -0.05) is 78.9 Å². The van der Waals surface area contributed by atoms with Crippen LogP contribution in [0, 0.1) is 5.41 Å². The number of carbonyl (C=O) groups excluding carboxylic acids is 10. The number of H-pyrrole nitrogens is 2. The highest BCUT2D eigenvalue weighted by Crippen LogP contribution is 2.27. The monoisotopic (exact) mass is 1150 g/mol. The van der Waals surface area contributed by atoms with Gasteiger partial charge in [0.25, 0.3) is 0 Å². The molecule has 26 heteroatoms. The van der Waals surface area contributed by atoms with E-state index in [0.717, 1.165) is 0 Å². The number of fused-ring (bicyclic) bond motifs is 3. The number of guanidine groups is 1. The third-order valence-corrected chi connectivity index (χ3v) is 15.2. The fourth-order valence-electron chi connectivity index (χ4n) is 10.9. The Balaban J connectivity index is 1.18. The number of nitrogens with zero attached hydrogens (tertiary/aromatic N) is 3. The van der Waals surface area contributed by atoms with Gasteiger partial charge in [0.2, 0.25) is 59.1 Å². The molecule has 3 aliphatic heterocycles. The second-order valence-electron chi connectivity index (χ2n) is 21.3. The molecule has 5 heterocycles. The van der Waals surface area contributed by atoms with Gasteiger partial charge in [0.15, 0.2) is 5.96 Å². The molecule has 2 aromatic heterocycles. The minimum atomic E-state index is -1.71. The molecule has 0 unspecified atom stereocenters. The van der Waals surface area contributed by atoms with E-state index in [1.807, 2.05) is 0 Å². The standard InChI is InChI=1S/C58H72N16O10/c1-33-49(76)72-45(26-35-15-6-3-7-16-35)56(83)74-24-12-21-47(74)57(84)73-23-11-20-46(73)55(82)71-43(28-37-31-62-32-65-37)54(81)68-41(25-34-13-4-2-5-14-34)52(79)67-40(19-10-22-63-58(60)61)50(77)69-42(27-36-30-64-39-18-9-8-17-38(36)39)53(80)70-44(29-48(59)75)51(78)66-33/h2-9,13-18,30-33,40-47,64H,10-12,19-29H2,1H3,(H2,59,75)(H,62,65)(H,66,78)(H,67,79)(H,68,81)(H,69,77)(H,70,80)(H,71,82)(H,72,76)(H4,60,61,63)/t33-,40-,41+,42-,43-,44-,45-,46-,47+/m0/s1. The number of aromatic nitrogens is 3. The van der Waals surface area contributed by atoms with Crippen molar-refractivity contribution in [1.29, 1.82) is 5.41 Å². The average molecular weight is 1150 g/mol. The first kappa shape index (κ1) is 60.5. The lowest BCUT2D eigenvalue weighted by molar-refractivity contribution is -0.148. The lowest BCUT2D eigenvalue weighted by Crippen LogP contribution is -2.61. The summed E-state index contributed by atoms with van der Waals surface area (Å²) in [6, 6.07) is 12.5. The zero-order valence-corrected chi connectivity index (χ0v) is 46.5. The summed E-state index contributed by atoms with van der Waals surface area (Å²) < 4.78 is 0. The van der Waals surface area contributed by atoms with Crippen molar-refractivity contribution in [2.45, 2.75) is 132 Å². The molecule has 15 N–H and O–H groups in total. The predicted octanol–water partition coefficient (Wildman–Crippen LogP) is -1.29. The molecule has 8 rings (SSSR count). The first-order valence-electron chi connectivity index (χ1n) is 28.1. The van der Waals surface area contributed by atoms with Crippen molar-refractivity contribution < 1.29 is 47.9 Å². The van der Waals surface area contributed by atoms with E-state index in [1.165, 1.54) is 23.1 Å². The number of para-hydroxylation sites is 1. The van der Waals surface area contributed by atoms with Crippen molar-refractivity contribution in [1.82, 2.24) is 67.3 Å². The van der Waals surface area contributed by atoms with Crippen LogP contribution in [0.4, 0.5) is 0 Å². The van der Waals surface area contributed by atoms with Gasteiger partial charge in [-0.25, -0.2) is 4.98 Å². The van der Waals surface area contributed by atoms with Crippen molar-refractivity contribution in [3.8, 4) is 0 Å². The van der Waals surface area contributed by atoms with Gasteiger partial charge < -0.3 is 73.8 Å². The largest absolute Gasteiger partial charge is 0.370 e. The summed E-state index contributed by atoms with van der Waals surface area (Å²) in [7, 11) is 0. The third kappa shape index (κ3) is 15.9. The Kier molecular flexibility index (Phi) is 20.4. The van der Waals surface area contributed by atoms with E-state index < -0.39 is 120 Å². The van der Waals surface area contributed by atoms with E-state index in [0.29, 0.717) is 46.1 Å². The molecule has 0 spiro atoms. The Hall–Kier alpha value is -9.62. The molecule has 444 valence electrons. The summed E-state index contributed by atoms with van der Waals surface area (Å²) in [4.78, 5) is 158. The number of nitrogens with two attached hydrogens (primary N) is 2. The van der Waals surface area contributed by atoms with E-state index in [2.05, 4.69) is 57.5 Å². The summed E-state index contributed by atoms with van der Waals surface area (Å²) >= 11 is 0. The van der Waals surface area contributed by atoms with Crippen LogP contribution in [0.3, 0.4) is 0 Å². The molecule has 5 aromatic rings. The molecule has 0 aliphatic carbocycles. The van der Waals surface area contributed by atoms with Gasteiger partial charge in [0.1, 0.15) is 54.4 Å². The van der Waals surface area contributed by atoms with Crippen molar-refractivity contribution in [2.24, 2.45) is 11.5 Å². The van der Waals surface area contributed by atoms with Crippen LogP contribution in [0.2, 0.25) is 0 Å². The Morgan fingerprint density at radius 3 is 1.74 bits per heavy atom. The van der Waals surface area contributed by atoms with Crippen LogP contribution >= 0.6 is 0 Å². The summed E-state index contributed by atoms with van der Waals surface area (Å²) in [6.45, 7) is 1.73. The van der Waals surface area contributed by atoms with Gasteiger partial charge in [-0.2, -0.15) is 0 Å². The molecule has 84 heavy (non-hydrogen) atoms. The number of aromatic amines is 2. The SMILES string of the molecule is C[C@@H]1NC(=O)[C@H](CC(N)=O)NC(=O)[C@H](Cc2c[nH]c3ccccc23)NC(=O)[C@H](CCCNC(=N)N)NC(=O)[C@@H](Cc2ccccc2)NC(=O)[C@H](Cc2c[nH]cn2)NC(=O)[C@@H]2CCCN2C(=O)[C@H]2CCCN2C(=O)[C@H](Cc2ccccc2)NC1=O. The number of rotatable bonds is 14. The second-order valence-corrected chi connectivity index (χ2v) is 21.3. The maximum Gasteiger partial charge on any atom is 0.246 e. The van der Waals surface area contributed by atoms with Gasteiger partial charge in [0.05, 0.1) is 18.4 Å². The molecule has 10 amide bonds. The van der Waals surface area contributed by atoms with Crippen LogP contribution in [0.1, 0.15) is 74.3 Å². The van der Waals surface area contributed by atoms with E-state index in [4.69, 9.17) is 16.9 Å². The van der Waals surface area contributed by atoms with Crippen LogP contribution in [0.25, 0.3) is 10.9 Å². The molecule has 3 aliphatic rings. The average Bonchev–Trinajstić information content (AvgIpc) is 4.27. The normalized spacial score (nSPS) is 24.5. The summed E-state index contributed by atoms with van der Waals surface area (Å²) in [5.41, 5.74) is 14.1. The molecule has 0 radical (unpaired) electrons. The fraction of sp³-hybridized carbons (Fsp3) is 0.414. The maximum absolute atomic E-state index is 14.9. The van der Waals surface area contributed by atoms with Crippen molar-refractivity contribution in [2.75, 3.05) is 19.6 Å². The number of carbonyl (C=O) groups is 10. The highest BCUT2D eigenvalue weighted by atomic mass is 16.2. The van der Waals surface area contributed by atoms with Crippen molar-refractivity contribution >= 4 is 75.9 Å². The number of hydrogen-bond acceptors (Lipinski definition) is 12. The Bertz CT molecular complexity index is 3190. The molecule has 3 fully saturated rings. The van der Waals surface area contributed by atoms with Gasteiger partial charge in [-0.3, -0.25) is 53.4 Å². The Morgan fingerprint density at radius 2 is 1.11 bits per heavy atom. The molecule has 3 saturated heterocycles. The second kappa shape index (κ2) is 28.4. The minimum Gasteiger partial charge on any atom is -0.370 e. The maximum atomic E-state index is 14.9. The first-order chi connectivity index (χ1) is 40.4. The molecular weight excluding hydrogens is 1080 g/mol. The summed E-state index contributed by atoms with van der Waals surface area (Å²) in [5.74, 6) is -8.45. The van der Waals surface area contributed by atoms with Gasteiger partial charge in [0, 0.05) is 68.6 Å². The zero-order valence-electron chi connectivity index (χ0n) is 46.5. The molecular formula is C58H72N16O10. The zero-order chi connectivity index (χ0) is 59.9. The van der Waals surface area contributed by atoms with E-state index in [9.17, 15) is 47.9 Å². The van der Waals surface area contributed by atoms with Crippen LogP contribution in [0.5, 0.6) is 0 Å². The predicted molar refractivity (Wildman–Crippen MR) is 306 cm³/mol. The number of primary amides is 1. The van der Waals surface area contributed by atoms with E-state index in [-0.39, 0.29) is 77.0 Å². The number of imidazole rings is 1. The van der Waals surface area contributed by atoms with Gasteiger partial charge >= 0.3 is 0 Å². The highest BCUT2D eigenvalue weighted by Gasteiger charge is 2.45. The number of amides is 10. The number of hydrogen-bond donors (Lipinski definition) is 13. The van der Waals surface area contributed by atoms with E-state index in [1.54, 1.807) is 97.3 Å².